The number of hydrogen-bond donors (Lipinski definition) is 2. The minimum Gasteiger partial charge on any atom is -0.398 e. The van der Waals surface area contributed by atoms with Gasteiger partial charge in [0.1, 0.15) is 10.7 Å². The largest absolute Gasteiger partial charge is 0.398 e. The van der Waals surface area contributed by atoms with Gasteiger partial charge in [-0.15, -0.1) is 0 Å². The molecule has 0 aromatic heterocycles. The molecule has 0 spiro atoms. The minimum atomic E-state index is -3.76. The fraction of sp³-hybridized carbons (Fsp3) is 0.400. The molecule has 0 aliphatic heterocycles. The van der Waals surface area contributed by atoms with Crippen molar-refractivity contribution in [2.24, 2.45) is 0 Å². The first kappa shape index (κ1) is 13.9. The Hall–Kier alpha value is -1.18. The maximum absolute atomic E-state index is 13.0. The van der Waals surface area contributed by atoms with E-state index in [1.165, 1.54) is 13.2 Å². The summed E-state index contributed by atoms with van der Waals surface area (Å²) in [5, 5.41) is 0. The first-order valence-corrected chi connectivity index (χ1v) is 6.49. The van der Waals surface area contributed by atoms with E-state index in [1.54, 1.807) is 0 Å². The lowest BCUT2D eigenvalue weighted by Crippen LogP contribution is -2.26. The molecule has 0 fully saturated rings. The van der Waals surface area contributed by atoms with Crippen molar-refractivity contribution < 1.29 is 17.5 Å². The summed E-state index contributed by atoms with van der Waals surface area (Å²) < 4.78 is 43.6. The summed E-state index contributed by atoms with van der Waals surface area (Å²) >= 11 is 0. The van der Waals surface area contributed by atoms with Gasteiger partial charge in [0.15, 0.2) is 0 Å². The molecule has 0 aliphatic carbocycles. The highest BCUT2D eigenvalue weighted by atomic mass is 32.2. The molecule has 0 saturated heterocycles. The highest BCUT2D eigenvalue weighted by Crippen LogP contribution is 2.18. The van der Waals surface area contributed by atoms with Crippen LogP contribution in [0.1, 0.15) is 6.42 Å². The Morgan fingerprint density at radius 2 is 2.18 bits per heavy atom. The van der Waals surface area contributed by atoms with Gasteiger partial charge in [-0.05, 0) is 24.6 Å². The van der Waals surface area contributed by atoms with Gasteiger partial charge in [-0.3, -0.25) is 0 Å². The quantitative estimate of drug-likeness (QED) is 0.584. The number of methoxy groups -OCH3 is 1. The summed E-state index contributed by atoms with van der Waals surface area (Å²) in [5.74, 6) is -0.642. The van der Waals surface area contributed by atoms with E-state index in [0.717, 1.165) is 12.1 Å². The summed E-state index contributed by atoms with van der Waals surface area (Å²) in [6.07, 6.45) is 0.533. The maximum Gasteiger partial charge on any atom is 0.242 e. The van der Waals surface area contributed by atoms with Crippen molar-refractivity contribution in [1.29, 1.82) is 0 Å². The fourth-order valence-electron chi connectivity index (χ4n) is 1.24. The average Bonchev–Trinajstić information content (AvgIpc) is 2.28. The summed E-state index contributed by atoms with van der Waals surface area (Å²) in [5.41, 5.74) is 5.51. The number of nitrogens with two attached hydrogens (primary N) is 1. The molecule has 1 aromatic carbocycles. The SMILES string of the molecule is COCCCNS(=O)(=O)c1cc(F)ccc1N. The molecular weight excluding hydrogens is 247 g/mol. The second kappa shape index (κ2) is 5.95. The number of nitrogen functional groups attached to an aromatic ring is 1. The van der Waals surface area contributed by atoms with Crippen LogP contribution in [0.2, 0.25) is 0 Å². The van der Waals surface area contributed by atoms with E-state index in [-0.39, 0.29) is 17.1 Å². The molecule has 0 heterocycles. The molecule has 5 nitrogen and oxygen atoms in total. The Kier molecular flexibility index (Phi) is 4.86. The predicted molar refractivity (Wildman–Crippen MR) is 62.5 cm³/mol. The van der Waals surface area contributed by atoms with Gasteiger partial charge in [-0.2, -0.15) is 0 Å². The molecule has 0 saturated carbocycles. The summed E-state index contributed by atoms with van der Waals surface area (Å²) in [6, 6.07) is 3.23. The van der Waals surface area contributed by atoms with Crippen molar-refractivity contribution in [2.45, 2.75) is 11.3 Å². The molecule has 0 bridgehead atoms. The van der Waals surface area contributed by atoms with Crippen LogP contribution in [0.25, 0.3) is 0 Å². The molecule has 7 heteroatoms. The van der Waals surface area contributed by atoms with Crippen molar-refractivity contribution in [3.63, 3.8) is 0 Å². The van der Waals surface area contributed by atoms with Crippen LogP contribution in [-0.4, -0.2) is 28.7 Å². The number of nitrogens with one attached hydrogen (secondary N) is 1. The van der Waals surface area contributed by atoms with E-state index in [1.807, 2.05) is 0 Å². The van der Waals surface area contributed by atoms with Crippen molar-refractivity contribution in [2.75, 3.05) is 26.0 Å². The monoisotopic (exact) mass is 262 g/mol. The van der Waals surface area contributed by atoms with E-state index in [0.29, 0.717) is 13.0 Å². The predicted octanol–water partition coefficient (Wildman–Crippen LogP) is 0.723. The number of rotatable bonds is 6. The van der Waals surface area contributed by atoms with Crippen LogP contribution in [-0.2, 0) is 14.8 Å². The summed E-state index contributed by atoms with van der Waals surface area (Å²) in [6.45, 7) is 0.660. The number of benzene rings is 1. The molecule has 1 rings (SSSR count). The summed E-state index contributed by atoms with van der Waals surface area (Å²) in [7, 11) is -2.24. The normalized spacial score (nSPS) is 11.6. The zero-order valence-corrected chi connectivity index (χ0v) is 10.3. The third-order valence-corrected chi connectivity index (χ3v) is 3.60. The standard InChI is InChI=1S/C10H15FN2O3S/c1-16-6-2-5-13-17(14,15)10-7-8(11)3-4-9(10)12/h3-4,7,13H,2,5-6,12H2,1H3. The molecule has 0 amide bonds. The van der Waals surface area contributed by atoms with Crippen LogP contribution in [0.15, 0.2) is 23.1 Å². The smallest absolute Gasteiger partial charge is 0.242 e. The molecule has 0 unspecified atom stereocenters. The third kappa shape index (κ3) is 3.95. The highest BCUT2D eigenvalue weighted by Gasteiger charge is 2.17. The Morgan fingerprint density at radius 1 is 1.47 bits per heavy atom. The van der Waals surface area contributed by atoms with E-state index in [4.69, 9.17) is 10.5 Å². The lowest BCUT2D eigenvalue weighted by molar-refractivity contribution is 0.196. The van der Waals surface area contributed by atoms with Gasteiger partial charge in [-0.25, -0.2) is 17.5 Å². The second-order valence-electron chi connectivity index (χ2n) is 3.43. The van der Waals surface area contributed by atoms with Crippen LogP contribution in [0, 0.1) is 5.82 Å². The zero-order valence-electron chi connectivity index (χ0n) is 9.44. The fourth-order valence-corrected chi connectivity index (χ4v) is 2.46. The number of ether oxygens (including phenoxy) is 1. The van der Waals surface area contributed by atoms with E-state index >= 15 is 0 Å². The van der Waals surface area contributed by atoms with Gasteiger partial charge in [-0.1, -0.05) is 0 Å². The number of hydrogen-bond acceptors (Lipinski definition) is 4. The lowest BCUT2D eigenvalue weighted by atomic mass is 10.3. The van der Waals surface area contributed by atoms with E-state index in [2.05, 4.69) is 4.72 Å². The Morgan fingerprint density at radius 3 is 2.82 bits per heavy atom. The zero-order chi connectivity index (χ0) is 12.9. The molecular formula is C10H15FN2O3S. The average molecular weight is 262 g/mol. The molecule has 96 valence electrons. The lowest BCUT2D eigenvalue weighted by Gasteiger charge is -2.08. The van der Waals surface area contributed by atoms with Gasteiger partial charge in [0.2, 0.25) is 10.0 Å². The van der Waals surface area contributed by atoms with Crippen molar-refractivity contribution >= 4 is 15.7 Å². The molecule has 3 N–H and O–H groups in total. The first-order valence-electron chi connectivity index (χ1n) is 5.01. The van der Waals surface area contributed by atoms with E-state index in [9.17, 15) is 12.8 Å². The third-order valence-electron chi connectivity index (χ3n) is 2.08. The molecule has 0 aliphatic rings. The molecule has 1 aromatic rings. The molecule has 0 radical (unpaired) electrons. The maximum atomic E-state index is 13.0. The van der Waals surface area contributed by atoms with Crippen LogP contribution in [0.3, 0.4) is 0 Å². The van der Waals surface area contributed by atoms with Crippen LogP contribution >= 0.6 is 0 Å². The van der Waals surface area contributed by atoms with Crippen LogP contribution in [0.5, 0.6) is 0 Å². The minimum absolute atomic E-state index is 0.0191. The summed E-state index contributed by atoms with van der Waals surface area (Å²) in [4.78, 5) is -0.241. The Bertz CT molecular complexity index is 476. The number of anilines is 1. The number of halogens is 1. The van der Waals surface area contributed by atoms with E-state index < -0.39 is 15.8 Å². The highest BCUT2D eigenvalue weighted by molar-refractivity contribution is 7.89. The van der Waals surface area contributed by atoms with Crippen LogP contribution < -0.4 is 10.5 Å². The Labute approximate surface area is 99.8 Å². The number of sulfonamides is 1. The van der Waals surface area contributed by atoms with Crippen LogP contribution in [0.4, 0.5) is 10.1 Å². The van der Waals surface area contributed by atoms with Gasteiger partial charge in [0.25, 0.3) is 0 Å². The Balaban J connectivity index is 2.79. The van der Waals surface area contributed by atoms with Gasteiger partial charge in [0, 0.05) is 20.3 Å². The van der Waals surface area contributed by atoms with Crippen molar-refractivity contribution in [3.8, 4) is 0 Å². The van der Waals surface area contributed by atoms with Gasteiger partial charge in [0.05, 0.1) is 5.69 Å². The van der Waals surface area contributed by atoms with Crippen molar-refractivity contribution in [1.82, 2.24) is 4.72 Å². The second-order valence-corrected chi connectivity index (χ2v) is 5.16. The van der Waals surface area contributed by atoms with Gasteiger partial charge < -0.3 is 10.5 Å². The molecule has 17 heavy (non-hydrogen) atoms. The first-order chi connectivity index (χ1) is 7.97. The molecule has 0 atom stereocenters. The topological polar surface area (TPSA) is 81.4 Å². The van der Waals surface area contributed by atoms with Crippen molar-refractivity contribution in [3.05, 3.63) is 24.0 Å². The van der Waals surface area contributed by atoms with Gasteiger partial charge >= 0.3 is 0 Å².